The number of benzene rings is 3. The molecule has 0 aliphatic heterocycles. The predicted molar refractivity (Wildman–Crippen MR) is 140 cm³/mol. The fraction of sp³-hybridized carbons (Fsp3) is 0.200. The Morgan fingerprint density at radius 2 is 1.57 bits per heavy atom. The van der Waals surface area contributed by atoms with Gasteiger partial charge in [-0.25, -0.2) is 0 Å². The van der Waals surface area contributed by atoms with Gasteiger partial charge in [-0.2, -0.15) is 0 Å². The van der Waals surface area contributed by atoms with Crippen molar-refractivity contribution in [3.8, 4) is 0 Å². The molecule has 2 unspecified atom stereocenters. The van der Waals surface area contributed by atoms with Gasteiger partial charge in [-0.3, -0.25) is 19.7 Å². The molecule has 3 aromatic carbocycles. The molecule has 0 spiro atoms. The van der Waals surface area contributed by atoms with Crippen LogP contribution in [0.25, 0.3) is 0 Å². The van der Waals surface area contributed by atoms with E-state index in [-0.39, 0.29) is 29.2 Å². The van der Waals surface area contributed by atoms with Crippen molar-refractivity contribution in [2.75, 3.05) is 6.26 Å². The van der Waals surface area contributed by atoms with E-state index in [0.717, 1.165) is 11.1 Å². The Labute approximate surface area is 219 Å². The number of nitro benzene ring substituents is 1. The summed E-state index contributed by atoms with van der Waals surface area (Å²) in [6.45, 7) is 0. The third-order valence-electron chi connectivity index (χ3n) is 5.92. The maximum absolute atomic E-state index is 13.1. The van der Waals surface area contributed by atoms with Crippen LogP contribution in [0.2, 0.25) is 5.02 Å². The van der Waals surface area contributed by atoms with Crippen LogP contribution < -0.4 is 10.6 Å². The Morgan fingerprint density at radius 1 is 0.971 bits per heavy atom. The Hall–Kier alpha value is -2.88. The highest BCUT2D eigenvalue weighted by atomic mass is 79.9. The summed E-state index contributed by atoms with van der Waals surface area (Å²) >= 11 is 10.6. The van der Waals surface area contributed by atoms with Crippen LogP contribution in [0.15, 0.2) is 70.0 Å². The number of carbonyl (C=O) groups is 2. The number of para-hydroxylation sites is 1. The molecule has 10 heteroatoms. The molecule has 2 atom stereocenters. The zero-order valence-corrected chi connectivity index (χ0v) is 21.7. The van der Waals surface area contributed by atoms with Crippen LogP contribution in [-0.4, -0.2) is 23.0 Å². The average Bonchev–Trinajstić information content (AvgIpc) is 2.84. The quantitative estimate of drug-likeness (QED) is 0.200. The molecule has 35 heavy (non-hydrogen) atoms. The van der Waals surface area contributed by atoms with E-state index >= 15 is 0 Å². The molecule has 3 aromatic rings. The maximum atomic E-state index is 13.1. The number of thioether (sulfide) groups is 1. The van der Waals surface area contributed by atoms with Gasteiger partial charge < -0.3 is 10.6 Å². The molecule has 0 aromatic heterocycles. The van der Waals surface area contributed by atoms with Gasteiger partial charge >= 0.3 is 0 Å². The average molecular weight is 575 g/mol. The van der Waals surface area contributed by atoms with Gasteiger partial charge in [0.15, 0.2) is 0 Å². The van der Waals surface area contributed by atoms with Crippen LogP contribution in [-0.2, 0) is 0 Å². The molecule has 1 aliphatic carbocycles. The monoisotopic (exact) mass is 573 g/mol. The zero-order valence-electron chi connectivity index (χ0n) is 18.6. The highest BCUT2D eigenvalue weighted by Gasteiger charge is 2.31. The van der Waals surface area contributed by atoms with Gasteiger partial charge in [0.2, 0.25) is 0 Å². The van der Waals surface area contributed by atoms with Gasteiger partial charge in [0, 0.05) is 9.50 Å². The highest BCUT2D eigenvalue weighted by molar-refractivity contribution is 9.10. The van der Waals surface area contributed by atoms with Gasteiger partial charge in [0.1, 0.15) is 5.56 Å². The number of nitrogens with zero attached hydrogens (tertiary/aromatic N) is 1. The second kappa shape index (κ2) is 10.8. The molecule has 0 saturated carbocycles. The van der Waals surface area contributed by atoms with Crippen LogP contribution in [0.4, 0.5) is 5.69 Å². The topological polar surface area (TPSA) is 101 Å². The number of amides is 2. The number of carbonyl (C=O) groups excluding carboxylic acids is 2. The van der Waals surface area contributed by atoms with Crippen molar-refractivity contribution in [3.05, 3.63) is 103 Å². The van der Waals surface area contributed by atoms with E-state index < -0.39 is 10.8 Å². The van der Waals surface area contributed by atoms with Crippen molar-refractivity contribution in [1.82, 2.24) is 10.6 Å². The molecular formula is C25H21BrClN3O4S. The summed E-state index contributed by atoms with van der Waals surface area (Å²) in [5.41, 5.74) is 2.08. The maximum Gasteiger partial charge on any atom is 0.295 e. The number of rotatable bonds is 6. The van der Waals surface area contributed by atoms with Crippen LogP contribution in [0, 0.1) is 10.1 Å². The lowest BCUT2D eigenvalue weighted by Gasteiger charge is -2.32. The predicted octanol–water partition coefficient (Wildman–Crippen LogP) is 6.47. The third kappa shape index (κ3) is 5.37. The van der Waals surface area contributed by atoms with Crippen molar-refractivity contribution < 1.29 is 14.5 Å². The minimum absolute atomic E-state index is 0.0299. The minimum atomic E-state index is -0.518. The Morgan fingerprint density at radius 3 is 2.11 bits per heavy atom. The summed E-state index contributed by atoms with van der Waals surface area (Å²) in [6.07, 6.45) is 2.88. The summed E-state index contributed by atoms with van der Waals surface area (Å²) in [5, 5.41) is 18.2. The van der Waals surface area contributed by atoms with E-state index in [4.69, 9.17) is 11.6 Å². The molecule has 4 rings (SSSR count). The lowest BCUT2D eigenvalue weighted by molar-refractivity contribution is -0.388. The van der Waals surface area contributed by atoms with Crippen LogP contribution in [0.3, 0.4) is 0 Å². The Kier molecular flexibility index (Phi) is 7.78. The summed E-state index contributed by atoms with van der Waals surface area (Å²) in [6, 6.07) is 16.7. The molecule has 0 saturated heterocycles. The fourth-order valence-electron chi connectivity index (χ4n) is 4.29. The van der Waals surface area contributed by atoms with Crippen molar-refractivity contribution in [1.29, 1.82) is 0 Å². The number of nitro groups is 1. The fourth-order valence-corrected chi connectivity index (χ4v) is 5.75. The molecule has 1 aliphatic rings. The lowest BCUT2D eigenvalue weighted by atomic mass is 9.84. The standard InChI is InChI=1S/C25H21BrClN3O4S/c1-35-22-8-4-7-18(23(22)30(33)34)25(32)29-21-12-11-20(15-5-2-3-6-16(15)21)28-24(31)17-10-9-14(27)13-19(17)26/h2-10,13,20-21H,11-12H2,1H3,(H,28,31)(H,29,32). The summed E-state index contributed by atoms with van der Waals surface area (Å²) in [4.78, 5) is 37.6. The van der Waals surface area contributed by atoms with Crippen molar-refractivity contribution in [2.45, 2.75) is 29.8 Å². The zero-order chi connectivity index (χ0) is 25.1. The molecule has 0 radical (unpaired) electrons. The minimum Gasteiger partial charge on any atom is -0.345 e. The number of nitrogens with one attached hydrogen (secondary N) is 2. The Balaban J connectivity index is 1.57. The number of hydrogen-bond acceptors (Lipinski definition) is 5. The van der Waals surface area contributed by atoms with Crippen LogP contribution in [0.5, 0.6) is 0 Å². The number of hydrogen-bond donors (Lipinski definition) is 2. The van der Waals surface area contributed by atoms with Gasteiger partial charge in [0.25, 0.3) is 17.5 Å². The van der Waals surface area contributed by atoms with Crippen LogP contribution >= 0.6 is 39.3 Å². The van der Waals surface area contributed by atoms with Gasteiger partial charge in [0.05, 0.1) is 27.5 Å². The van der Waals surface area contributed by atoms with Crippen molar-refractivity contribution in [2.24, 2.45) is 0 Å². The summed E-state index contributed by atoms with van der Waals surface area (Å²) in [5.74, 6) is -0.736. The second-order valence-corrected chi connectivity index (χ2v) is 10.1. The van der Waals surface area contributed by atoms with E-state index in [2.05, 4.69) is 26.6 Å². The molecule has 0 bridgehead atoms. The molecule has 2 amide bonds. The molecule has 2 N–H and O–H groups in total. The third-order valence-corrected chi connectivity index (χ3v) is 7.58. The normalized spacial score (nSPS) is 16.8. The molecule has 0 fully saturated rings. The van der Waals surface area contributed by atoms with E-state index in [1.54, 1.807) is 36.6 Å². The van der Waals surface area contributed by atoms with E-state index in [0.29, 0.717) is 32.8 Å². The van der Waals surface area contributed by atoms with Crippen LogP contribution in [0.1, 0.15) is 56.8 Å². The Bertz CT molecular complexity index is 1320. The molecular weight excluding hydrogens is 554 g/mol. The molecule has 7 nitrogen and oxygen atoms in total. The first-order chi connectivity index (χ1) is 16.8. The van der Waals surface area contributed by atoms with Gasteiger partial charge in [-0.05, 0) is 76.5 Å². The molecule has 180 valence electrons. The first-order valence-corrected chi connectivity index (χ1v) is 13.2. The van der Waals surface area contributed by atoms with E-state index in [1.807, 2.05) is 24.3 Å². The highest BCUT2D eigenvalue weighted by Crippen LogP contribution is 2.37. The largest absolute Gasteiger partial charge is 0.345 e. The van der Waals surface area contributed by atoms with Crippen molar-refractivity contribution >= 4 is 56.8 Å². The van der Waals surface area contributed by atoms with E-state index in [1.165, 1.54) is 17.8 Å². The first kappa shape index (κ1) is 25.2. The molecule has 0 heterocycles. The smallest absolute Gasteiger partial charge is 0.295 e. The number of halogens is 2. The lowest BCUT2D eigenvalue weighted by Crippen LogP contribution is -2.37. The first-order valence-electron chi connectivity index (χ1n) is 10.8. The van der Waals surface area contributed by atoms with Crippen molar-refractivity contribution in [3.63, 3.8) is 0 Å². The number of fused-ring (bicyclic) bond motifs is 1. The SMILES string of the molecule is CSc1cccc(C(=O)NC2CCC(NC(=O)c3ccc(Cl)cc3Br)c3ccccc32)c1[N+](=O)[O-]. The van der Waals surface area contributed by atoms with Gasteiger partial charge in [-0.1, -0.05) is 41.9 Å². The summed E-state index contributed by atoms with van der Waals surface area (Å²) < 4.78 is 0.603. The second-order valence-electron chi connectivity index (χ2n) is 8.00. The van der Waals surface area contributed by atoms with E-state index in [9.17, 15) is 19.7 Å². The summed E-state index contributed by atoms with van der Waals surface area (Å²) in [7, 11) is 0. The van der Waals surface area contributed by atoms with Gasteiger partial charge in [-0.15, -0.1) is 11.8 Å².